The molecule has 0 aliphatic rings. The lowest BCUT2D eigenvalue weighted by molar-refractivity contribution is -0.468. The van der Waals surface area contributed by atoms with E-state index in [1.54, 1.807) is 0 Å². The zero-order valence-corrected chi connectivity index (χ0v) is 13.5. The van der Waals surface area contributed by atoms with Crippen molar-refractivity contribution in [2.45, 2.75) is 38.1 Å². The highest BCUT2D eigenvalue weighted by Crippen LogP contribution is 2.03. The first-order valence-electron chi connectivity index (χ1n) is 7.51. The Morgan fingerprint density at radius 1 is 1.14 bits per heavy atom. The molecule has 0 aromatic heterocycles. The minimum Gasteiger partial charge on any atom is -0.468 e. The standard InChI is InChI=1S/C14H30N4O3/c1-16-9-5-4-8-12(13(19)20-2)17-10-6-7-11-18-14(15)21-3/h12,16-17H,4-11H2,1-3H3,(H2,15,18)/p+1/t12-/m1/s1. The number of unbranched alkanes of at least 4 members (excludes halogenated alkanes) is 2. The van der Waals surface area contributed by atoms with Gasteiger partial charge in [-0.1, -0.05) is 6.42 Å². The van der Waals surface area contributed by atoms with Crippen molar-refractivity contribution in [3.05, 3.63) is 0 Å². The number of nitrogens with one attached hydrogen (secondary N) is 3. The van der Waals surface area contributed by atoms with E-state index in [9.17, 15) is 4.79 Å². The molecule has 0 fully saturated rings. The van der Waals surface area contributed by atoms with Crippen LogP contribution in [0.3, 0.4) is 0 Å². The van der Waals surface area contributed by atoms with E-state index in [1.807, 2.05) is 7.05 Å². The first-order valence-corrected chi connectivity index (χ1v) is 7.51. The molecule has 5 N–H and O–H groups in total. The van der Waals surface area contributed by atoms with Crippen molar-refractivity contribution in [2.75, 3.05) is 40.9 Å². The van der Waals surface area contributed by atoms with E-state index in [1.165, 1.54) is 14.2 Å². The van der Waals surface area contributed by atoms with Crippen LogP contribution >= 0.6 is 0 Å². The van der Waals surface area contributed by atoms with Crippen LogP contribution in [-0.4, -0.2) is 58.9 Å². The Labute approximate surface area is 127 Å². The Hall–Kier alpha value is -1.34. The Morgan fingerprint density at radius 2 is 1.86 bits per heavy atom. The van der Waals surface area contributed by atoms with Crippen LogP contribution in [0, 0.1) is 0 Å². The van der Waals surface area contributed by atoms with Crippen LogP contribution in [0.1, 0.15) is 32.1 Å². The Bertz CT molecular complexity index is 298. The molecule has 7 nitrogen and oxygen atoms in total. The third kappa shape index (κ3) is 11.0. The van der Waals surface area contributed by atoms with Gasteiger partial charge in [0.25, 0.3) is 0 Å². The second kappa shape index (κ2) is 13.6. The zero-order chi connectivity index (χ0) is 15.9. The molecule has 0 radical (unpaired) electrons. The molecule has 0 saturated carbocycles. The third-order valence-corrected chi connectivity index (χ3v) is 3.17. The molecule has 0 bridgehead atoms. The van der Waals surface area contributed by atoms with Crippen molar-refractivity contribution in [3.63, 3.8) is 0 Å². The van der Waals surface area contributed by atoms with E-state index in [4.69, 9.17) is 15.2 Å². The van der Waals surface area contributed by atoms with Gasteiger partial charge < -0.3 is 20.1 Å². The summed E-state index contributed by atoms with van der Waals surface area (Å²) in [4.78, 5) is 14.6. The quantitative estimate of drug-likeness (QED) is 0.149. The van der Waals surface area contributed by atoms with Gasteiger partial charge in [-0.25, -0.2) is 4.99 Å². The van der Waals surface area contributed by atoms with Crippen LogP contribution in [0.15, 0.2) is 0 Å². The molecule has 0 amide bonds. The molecule has 0 spiro atoms. The second-order valence-corrected chi connectivity index (χ2v) is 4.83. The normalized spacial score (nSPS) is 13.0. The summed E-state index contributed by atoms with van der Waals surface area (Å²) in [6, 6.07) is 0.121. The summed E-state index contributed by atoms with van der Waals surface area (Å²) in [6.45, 7) is 2.50. The summed E-state index contributed by atoms with van der Waals surface area (Å²) in [6.07, 6.45) is 4.76. The minimum absolute atomic E-state index is 0.186. The van der Waals surface area contributed by atoms with Gasteiger partial charge in [0.15, 0.2) is 0 Å². The molecule has 21 heavy (non-hydrogen) atoms. The van der Waals surface area contributed by atoms with Crippen molar-refractivity contribution in [3.8, 4) is 0 Å². The number of hydrogen-bond donors (Lipinski definition) is 4. The monoisotopic (exact) mass is 303 g/mol. The Morgan fingerprint density at radius 3 is 2.48 bits per heavy atom. The number of ether oxygens (including phenoxy) is 2. The lowest BCUT2D eigenvalue weighted by atomic mass is 10.1. The zero-order valence-electron chi connectivity index (χ0n) is 13.5. The van der Waals surface area contributed by atoms with E-state index in [0.29, 0.717) is 6.02 Å². The maximum atomic E-state index is 11.7. The van der Waals surface area contributed by atoms with E-state index in [2.05, 4.69) is 15.6 Å². The summed E-state index contributed by atoms with van der Waals surface area (Å²) in [5.41, 5.74) is 5.47. The van der Waals surface area contributed by atoms with Crippen LogP contribution in [0.5, 0.6) is 0 Å². The van der Waals surface area contributed by atoms with Crippen LogP contribution in [-0.2, 0) is 14.3 Å². The van der Waals surface area contributed by atoms with Crippen LogP contribution in [0.2, 0.25) is 0 Å². The topological polar surface area (TPSA) is 99.6 Å². The lowest BCUT2D eigenvalue weighted by Gasteiger charge is -2.16. The highest BCUT2D eigenvalue weighted by molar-refractivity contribution is 5.75. The average molecular weight is 303 g/mol. The Balaban J connectivity index is 3.83. The van der Waals surface area contributed by atoms with Gasteiger partial charge in [-0.15, -0.1) is 0 Å². The smallest absolute Gasteiger partial charge is 0.439 e. The molecule has 0 aliphatic heterocycles. The fourth-order valence-corrected chi connectivity index (χ4v) is 1.91. The lowest BCUT2D eigenvalue weighted by Crippen LogP contribution is -2.76. The third-order valence-electron chi connectivity index (χ3n) is 3.17. The molecule has 7 heteroatoms. The number of rotatable bonds is 12. The van der Waals surface area contributed by atoms with Gasteiger partial charge in [0, 0.05) is 0 Å². The van der Waals surface area contributed by atoms with Gasteiger partial charge >= 0.3 is 12.0 Å². The molecule has 0 unspecified atom stereocenters. The molecule has 1 atom stereocenters. The molecule has 124 valence electrons. The van der Waals surface area contributed by atoms with Gasteiger partial charge in [-0.2, -0.15) is 0 Å². The fourth-order valence-electron chi connectivity index (χ4n) is 1.91. The molecule has 0 aromatic rings. The van der Waals surface area contributed by atoms with Crippen molar-refractivity contribution < 1.29 is 19.3 Å². The molecular formula is C14H31N4O3+. The number of esters is 1. The first kappa shape index (κ1) is 19.7. The van der Waals surface area contributed by atoms with Crippen LogP contribution in [0.25, 0.3) is 0 Å². The molecule has 0 rings (SSSR count). The SMILES string of the molecule is CNCCCC[C@@H](NCCCC[NH+]=C(N)OC)C(=O)OC. The summed E-state index contributed by atoms with van der Waals surface area (Å²) < 4.78 is 9.63. The predicted octanol–water partition coefficient (Wildman–Crippen LogP) is -1.67. The van der Waals surface area contributed by atoms with Gasteiger partial charge in [-0.05, 0) is 45.8 Å². The maximum Gasteiger partial charge on any atom is 0.439 e. The highest BCUT2D eigenvalue weighted by atomic mass is 16.5. The first-order chi connectivity index (χ1) is 10.2. The summed E-state index contributed by atoms with van der Waals surface area (Å²) in [5.74, 6) is -0.186. The van der Waals surface area contributed by atoms with Crippen molar-refractivity contribution >= 4 is 12.0 Å². The number of carbonyl (C=O) groups is 1. The number of nitrogens with two attached hydrogens (primary N) is 1. The molecule has 0 aliphatic carbocycles. The fraction of sp³-hybridized carbons (Fsp3) is 0.857. The number of hydrogen-bond acceptors (Lipinski definition) is 5. The van der Waals surface area contributed by atoms with Gasteiger partial charge in [0.2, 0.25) is 0 Å². The van der Waals surface area contributed by atoms with E-state index < -0.39 is 0 Å². The van der Waals surface area contributed by atoms with E-state index in [0.717, 1.165) is 51.7 Å². The predicted molar refractivity (Wildman–Crippen MR) is 82.9 cm³/mol. The summed E-state index contributed by atoms with van der Waals surface area (Å²) in [7, 11) is 4.88. The molecular weight excluding hydrogens is 272 g/mol. The second-order valence-electron chi connectivity index (χ2n) is 4.83. The van der Waals surface area contributed by atoms with E-state index in [-0.39, 0.29) is 12.0 Å². The van der Waals surface area contributed by atoms with Crippen molar-refractivity contribution in [1.82, 2.24) is 10.6 Å². The largest absolute Gasteiger partial charge is 0.468 e. The minimum atomic E-state index is -0.213. The number of methoxy groups -OCH3 is 2. The van der Waals surface area contributed by atoms with Gasteiger partial charge in [-0.3, -0.25) is 10.5 Å². The van der Waals surface area contributed by atoms with Gasteiger partial charge in [0.05, 0.1) is 20.8 Å². The summed E-state index contributed by atoms with van der Waals surface area (Å²) >= 11 is 0. The molecule has 0 saturated heterocycles. The van der Waals surface area contributed by atoms with Crippen molar-refractivity contribution in [1.29, 1.82) is 0 Å². The van der Waals surface area contributed by atoms with Crippen molar-refractivity contribution in [2.24, 2.45) is 5.73 Å². The number of amidine groups is 1. The van der Waals surface area contributed by atoms with Crippen LogP contribution in [0.4, 0.5) is 0 Å². The number of carbonyl (C=O) groups excluding carboxylic acids is 1. The van der Waals surface area contributed by atoms with Gasteiger partial charge in [0.1, 0.15) is 6.04 Å². The summed E-state index contributed by atoms with van der Waals surface area (Å²) in [5, 5.41) is 6.36. The highest BCUT2D eigenvalue weighted by Gasteiger charge is 2.17. The maximum absolute atomic E-state index is 11.7. The molecule has 0 heterocycles. The Kier molecular flexibility index (Phi) is 12.8. The molecule has 0 aromatic carbocycles. The van der Waals surface area contributed by atoms with E-state index >= 15 is 0 Å². The average Bonchev–Trinajstić information content (AvgIpc) is 2.51. The van der Waals surface area contributed by atoms with Crippen LogP contribution < -0.4 is 21.4 Å².